The van der Waals surface area contributed by atoms with Crippen LogP contribution >= 0.6 is 38.9 Å². The van der Waals surface area contributed by atoms with Gasteiger partial charge in [0, 0.05) is 32.0 Å². The number of ether oxygens (including phenoxy) is 6. The highest BCUT2D eigenvalue weighted by Crippen LogP contribution is 2.39. The van der Waals surface area contributed by atoms with E-state index in [9.17, 15) is 4.79 Å². The van der Waals surface area contributed by atoms with Gasteiger partial charge in [0.2, 0.25) is 5.91 Å². The number of aryl methyl sites for hydroxylation is 2. The minimum Gasteiger partial charge on any atom is -0.491 e. The van der Waals surface area contributed by atoms with Gasteiger partial charge in [-0.2, -0.15) is 0 Å². The van der Waals surface area contributed by atoms with E-state index in [1.54, 1.807) is 11.3 Å². The van der Waals surface area contributed by atoms with E-state index in [2.05, 4.69) is 45.3 Å². The molecule has 52 heavy (non-hydrogen) atoms. The van der Waals surface area contributed by atoms with E-state index in [1.807, 2.05) is 60.0 Å². The molecule has 4 aromatic rings. The number of aromatic nitrogens is 3. The third kappa shape index (κ3) is 11.4. The summed E-state index contributed by atoms with van der Waals surface area (Å²) >= 11 is 11.2. The van der Waals surface area contributed by atoms with E-state index in [4.69, 9.17) is 45.0 Å². The van der Waals surface area contributed by atoms with Gasteiger partial charge < -0.3 is 33.7 Å². The highest BCUT2D eigenvalue weighted by molar-refractivity contribution is 9.09. The molecule has 0 unspecified atom stereocenters. The summed E-state index contributed by atoms with van der Waals surface area (Å²) in [5.41, 5.74) is 4.54. The molecule has 0 spiro atoms. The zero-order chi connectivity index (χ0) is 36.7. The summed E-state index contributed by atoms with van der Waals surface area (Å²) in [7, 11) is 0. The van der Waals surface area contributed by atoms with Crippen molar-refractivity contribution in [3.63, 3.8) is 0 Å². The van der Waals surface area contributed by atoms with Crippen LogP contribution < -0.4 is 10.1 Å². The lowest BCUT2D eigenvalue weighted by atomic mass is 9.99. The van der Waals surface area contributed by atoms with E-state index in [-0.39, 0.29) is 12.3 Å². The van der Waals surface area contributed by atoms with Gasteiger partial charge in [-0.3, -0.25) is 14.4 Å². The van der Waals surface area contributed by atoms with Crippen LogP contribution in [0.2, 0.25) is 5.02 Å². The maximum Gasteiger partial charge on any atom is 0.227 e. The molecule has 2 aromatic heterocycles. The summed E-state index contributed by atoms with van der Waals surface area (Å²) in [6.45, 7) is 11.7. The van der Waals surface area contributed by atoms with Crippen molar-refractivity contribution in [2.24, 2.45) is 4.99 Å². The zero-order valence-corrected chi connectivity index (χ0v) is 32.9. The topological polar surface area (TPSA) is 128 Å². The maximum atomic E-state index is 13.4. The van der Waals surface area contributed by atoms with Crippen LogP contribution in [0.25, 0.3) is 5.00 Å². The number of halogens is 2. The van der Waals surface area contributed by atoms with E-state index in [0.29, 0.717) is 95.0 Å². The second-order valence-corrected chi connectivity index (χ2v) is 14.2. The molecule has 12 nitrogen and oxygen atoms in total. The second kappa shape index (κ2) is 20.9. The quantitative estimate of drug-likeness (QED) is 0.0683. The van der Waals surface area contributed by atoms with Crippen molar-refractivity contribution in [2.45, 2.75) is 33.2 Å². The zero-order valence-electron chi connectivity index (χ0n) is 29.7. The third-order valence-electron chi connectivity index (χ3n) is 8.08. The van der Waals surface area contributed by atoms with Crippen LogP contribution in [-0.2, 0) is 28.5 Å². The Bertz CT molecular complexity index is 1750. The van der Waals surface area contributed by atoms with Gasteiger partial charge in [0.1, 0.15) is 29.2 Å². The van der Waals surface area contributed by atoms with Crippen molar-refractivity contribution >= 4 is 56.2 Å². The molecule has 1 aliphatic rings. The molecule has 1 aliphatic heterocycles. The lowest BCUT2D eigenvalue weighted by molar-refractivity contribution is -0.116. The first-order chi connectivity index (χ1) is 25.4. The van der Waals surface area contributed by atoms with Gasteiger partial charge in [0.25, 0.3) is 0 Å². The normalized spacial score (nSPS) is 13.7. The Labute approximate surface area is 321 Å². The number of carbonyl (C=O) groups is 1. The Morgan fingerprint density at radius 1 is 0.808 bits per heavy atom. The van der Waals surface area contributed by atoms with Gasteiger partial charge in [-0.25, -0.2) is 0 Å². The Balaban J connectivity index is 1.04. The van der Waals surface area contributed by atoms with Crippen molar-refractivity contribution < 1.29 is 33.2 Å². The number of alkyl halides is 1. The molecule has 1 amide bonds. The van der Waals surface area contributed by atoms with Crippen molar-refractivity contribution in [1.29, 1.82) is 0 Å². The van der Waals surface area contributed by atoms with E-state index < -0.39 is 6.04 Å². The number of benzene rings is 2. The minimum atomic E-state index is -0.558. The standard InChI is InChI=1S/C37H45BrClN5O7S/c1-25-26(2)52-37-34(25)35(28-4-6-29(39)7-5-28)41-32(36-43-42-27(3)44(36)37)24-33(45)40-30-8-10-31(11-9-30)51-23-22-50-21-20-49-19-18-48-17-16-47-15-14-46-13-12-38/h4-11,32H,12-24H2,1-3H3,(H,40,45)/t32-/m0/s1. The molecule has 0 fully saturated rings. The Kier molecular flexibility index (Phi) is 16.1. The van der Waals surface area contributed by atoms with Crippen molar-refractivity contribution in [1.82, 2.24) is 14.8 Å². The number of nitrogens with zero attached hydrogens (tertiary/aromatic N) is 4. The van der Waals surface area contributed by atoms with Gasteiger partial charge >= 0.3 is 0 Å². The van der Waals surface area contributed by atoms with Gasteiger partial charge in [-0.15, -0.1) is 21.5 Å². The molecule has 0 saturated carbocycles. The average molecular weight is 819 g/mol. The fraction of sp³-hybridized carbons (Fsp3) is 0.459. The van der Waals surface area contributed by atoms with Crippen LogP contribution in [-0.4, -0.2) is 104 Å². The number of carbonyl (C=O) groups excluding carboxylic acids is 1. The largest absolute Gasteiger partial charge is 0.491 e. The molecule has 1 atom stereocenters. The number of aliphatic imine (C=N–C) groups is 1. The molecule has 2 aromatic carbocycles. The number of amides is 1. The van der Waals surface area contributed by atoms with Crippen LogP contribution in [0.4, 0.5) is 5.69 Å². The van der Waals surface area contributed by atoms with Crippen molar-refractivity contribution in [3.8, 4) is 10.8 Å². The van der Waals surface area contributed by atoms with Crippen LogP contribution in [0.1, 0.15) is 45.7 Å². The molecule has 1 N–H and O–H groups in total. The Morgan fingerprint density at radius 3 is 1.98 bits per heavy atom. The molecular formula is C37H45BrClN5O7S. The molecule has 3 heterocycles. The summed E-state index contributed by atoms with van der Waals surface area (Å²) in [6, 6.07) is 14.3. The van der Waals surface area contributed by atoms with Crippen molar-refractivity contribution in [2.75, 3.05) is 83.3 Å². The van der Waals surface area contributed by atoms with Gasteiger partial charge in [0.05, 0.1) is 78.2 Å². The number of anilines is 1. The van der Waals surface area contributed by atoms with Crippen LogP contribution in [0.15, 0.2) is 53.5 Å². The predicted octanol–water partition coefficient (Wildman–Crippen LogP) is 6.69. The number of fused-ring (bicyclic) bond motifs is 3. The van der Waals surface area contributed by atoms with Crippen LogP contribution in [0.3, 0.4) is 0 Å². The highest BCUT2D eigenvalue weighted by Gasteiger charge is 2.32. The van der Waals surface area contributed by atoms with Gasteiger partial charge in [-0.05, 0) is 62.7 Å². The SMILES string of the molecule is Cc1sc2c(c1C)C(c1ccc(Cl)cc1)=N[C@@H](CC(=O)Nc1ccc(OCCOCCOCCOCCOCCOCCBr)cc1)c1nnc(C)n1-2. The Morgan fingerprint density at radius 2 is 1.38 bits per heavy atom. The molecule has 0 radical (unpaired) electrons. The summed E-state index contributed by atoms with van der Waals surface area (Å²) in [5.74, 6) is 1.85. The molecule has 5 rings (SSSR count). The van der Waals surface area contributed by atoms with E-state index in [1.165, 1.54) is 4.88 Å². The summed E-state index contributed by atoms with van der Waals surface area (Å²) < 4.78 is 35.2. The van der Waals surface area contributed by atoms with Crippen LogP contribution in [0.5, 0.6) is 5.75 Å². The molecule has 280 valence electrons. The number of rotatable bonds is 22. The number of hydrogen-bond donors (Lipinski definition) is 1. The first-order valence-corrected chi connectivity index (χ1v) is 19.5. The summed E-state index contributed by atoms with van der Waals surface area (Å²) in [5, 5.41) is 14.3. The van der Waals surface area contributed by atoms with Crippen molar-refractivity contribution in [3.05, 3.63) is 86.8 Å². The third-order valence-corrected chi connectivity index (χ3v) is 9.85. The number of thiophene rings is 1. The Hall–Kier alpha value is -3.21. The average Bonchev–Trinajstić information content (AvgIpc) is 3.62. The lowest BCUT2D eigenvalue weighted by Gasteiger charge is -2.13. The van der Waals surface area contributed by atoms with E-state index >= 15 is 0 Å². The molecule has 0 aliphatic carbocycles. The molecule has 15 heteroatoms. The highest BCUT2D eigenvalue weighted by atomic mass is 79.9. The number of hydrogen-bond acceptors (Lipinski definition) is 11. The fourth-order valence-electron chi connectivity index (χ4n) is 5.41. The molecular weight excluding hydrogens is 774 g/mol. The summed E-state index contributed by atoms with van der Waals surface area (Å²) in [6.07, 6.45) is 0.0812. The minimum absolute atomic E-state index is 0.0812. The lowest BCUT2D eigenvalue weighted by Crippen LogP contribution is -2.17. The smallest absolute Gasteiger partial charge is 0.227 e. The maximum absolute atomic E-state index is 13.4. The van der Waals surface area contributed by atoms with E-state index in [0.717, 1.165) is 38.6 Å². The first kappa shape index (κ1) is 40.0. The number of nitrogens with one attached hydrogen (secondary N) is 1. The fourth-order valence-corrected chi connectivity index (χ4v) is 6.98. The van der Waals surface area contributed by atoms with Crippen LogP contribution in [0, 0.1) is 20.8 Å². The predicted molar refractivity (Wildman–Crippen MR) is 206 cm³/mol. The first-order valence-electron chi connectivity index (χ1n) is 17.2. The summed E-state index contributed by atoms with van der Waals surface area (Å²) in [4.78, 5) is 19.8. The molecule has 0 saturated heterocycles. The molecule has 0 bridgehead atoms. The second-order valence-electron chi connectivity index (χ2n) is 11.8. The van der Waals surface area contributed by atoms with Gasteiger partial charge in [-0.1, -0.05) is 39.7 Å². The van der Waals surface area contributed by atoms with Gasteiger partial charge in [0.15, 0.2) is 5.82 Å². The monoisotopic (exact) mass is 817 g/mol.